The van der Waals surface area contributed by atoms with Crippen molar-refractivity contribution in [2.75, 3.05) is 7.11 Å². The highest BCUT2D eigenvalue weighted by molar-refractivity contribution is 7.17. The van der Waals surface area contributed by atoms with Gasteiger partial charge in [0.15, 0.2) is 0 Å². The Bertz CT molecular complexity index is 1260. The van der Waals surface area contributed by atoms with Crippen molar-refractivity contribution in [1.82, 2.24) is 14.9 Å². The van der Waals surface area contributed by atoms with E-state index in [9.17, 15) is 9.59 Å². The fourth-order valence-electron chi connectivity index (χ4n) is 3.14. The van der Waals surface area contributed by atoms with Gasteiger partial charge in [-0.1, -0.05) is 41.9 Å². The molecule has 0 fully saturated rings. The zero-order valence-corrected chi connectivity index (χ0v) is 17.7. The van der Waals surface area contributed by atoms with Gasteiger partial charge in [0.05, 0.1) is 19.0 Å². The maximum atomic E-state index is 12.8. The number of nitrogens with one attached hydrogen (secondary N) is 1. The van der Waals surface area contributed by atoms with E-state index in [0.29, 0.717) is 27.5 Å². The summed E-state index contributed by atoms with van der Waals surface area (Å²) >= 11 is 7.28. The van der Waals surface area contributed by atoms with Crippen LogP contribution in [0.25, 0.3) is 21.3 Å². The number of hydrogen-bond acceptors (Lipinski definition) is 5. The lowest BCUT2D eigenvalue weighted by atomic mass is 10.1. The third kappa shape index (κ3) is 4.08. The molecule has 1 amide bonds. The second-order valence-corrected chi connectivity index (χ2v) is 7.92. The van der Waals surface area contributed by atoms with Crippen molar-refractivity contribution in [3.63, 3.8) is 0 Å². The highest BCUT2D eigenvalue weighted by Gasteiger charge is 2.14. The molecule has 0 aliphatic heterocycles. The minimum atomic E-state index is -0.279. The van der Waals surface area contributed by atoms with Crippen LogP contribution in [0.4, 0.5) is 0 Å². The van der Waals surface area contributed by atoms with Gasteiger partial charge in [-0.25, -0.2) is 4.98 Å². The van der Waals surface area contributed by atoms with Gasteiger partial charge in [0, 0.05) is 28.1 Å². The highest BCUT2D eigenvalue weighted by atomic mass is 35.5. The lowest BCUT2D eigenvalue weighted by Gasteiger charge is -2.10. The SMILES string of the molecule is COc1ccccc1CNC(=O)Cn1cnc2c(-c3ccc(Cl)cc3)csc2c1=O. The summed E-state index contributed by atoms with van der Waals surface area (Å²) in [5.41, 5.74) is 3.05. The fourth-order valence-corrected chi connectivity index (χ4v) is 4.24. The predicted molar refractivity (Wildman–Crippen MR) is 119 cm³/mol. The van der Waals surface area contributed by atoms with Crippen molar-refractivity contribution in [2.45, 2.75) is 13.1 Å². The quantitative estimate of drug-likeness (QED) is 0.490. The van der Waals surface area contributed by atoms with Gasteiger partial charge in [-0.2, -0.15) is 0 Å². The molecule has 0 saturated heterocycles. The summed E-state index contributed by atoms with van der Waals surface area (Å²) < 4.78 is 7.12. The Kier molecular flexibility index (Phi) is 5.83. The summed E-state index contributed by atoms with van der Waals surface area (Å²) in [5, 5.41) is 5.36. The molecule has 30 heavy (non-hydrogen) atoms. The molecule has 2 aromatic carbocycles. The molecule has 2 aromatic heterocycles. The number of hydrogen-bond donors (Lipinski definition) is 1. The molecule has 0 unspecified atom stereocenters. The van der Waals surface area contributed by atoms with Gasteiger partial charge in [0.2, 0.25) is 5.91 Å². The molecule has 0 bridgehead atoms. The van der Waals surface area contributed by atoms with Crippen LogP contribution in [0, 0.1) is 0 Å². The smallest absolute Gasteiger partial charge is 0.271 e. The first-order chi connectivity index (χ1) is 14.6. The molecular weight excluding hydrogens is 422 g/mol. The summed E-state index contributed by atoms with van der Waals surface area (Å²) in [6.45, 7) is 0.206. The monoisotopic (exact) mass is 439 g/mol. The fraction of sp³-hybridized carbons (Fsp3) is 0.136. The number of aromatic nitrogens is 2. The Balaban J connectivity index is 1.52. The number of thiophene rings is 1. The lowest BCUT2D eigenvalue weighted by Crippen LogP contribution is -2.32. The minimum absolute atomic E-state index is 0.106. The highest BCUT2D eigenvalue weighted by Crippen LogP contribution is 2.31. The Labute approximate surface area is 181 Å². The number of fused-ring (bicyclic) bond motifs is 1. The molecule has 0 radical (unpaired) electrons. The molecule has 1 N–H and O–H groups in total. The van der Waals surface area contributed by atoms with Crippen LogP contribution in [0.5, 0.6) is 5.75 Å². The van der Waals surface area contributed by atoms with Gasteiger partial charge in [-0.15, -0.1) is 11.3 Å². The Hall–Kier alpha value is -3.16. The number of amides is 1. The predicted octanol–water partition coefficient (Wildman–Crippen LogP) is 4.10. The Morgan fingerprint density at radius 2 is 1.97 bits per heavy atom. The van der Waals surface area contributed by atoms with Gasteiger partial charge in [0.25, 0.3) is 5.56 Å². The van der Waals surface area contributed by atoms with Gasteiger partial charge >= 0.3 is 0 Å². The third-order valence-corrected chi connectivity index (χ3v) is 5.89. The third-order valence-electron chi connectivity index (χ3n) is 4.68. The topological polar surface area (TPSA) is 73.2 Å². The number of nitrogens with zero attached hydrogens (tertiary/aromatic N) is 2. The van der Waals surface area contributed by atoms with Crippen molar-refractivity contribution < 1.29 is 9.53 Å². The lowest BCUT2D eigenvalue weighted by molar-refractivity contribution is -0.121. The van der Waals surface area contributed by atoms with Gasteiger partial charge in [-0.3, -0.25) is 14.2 Å². The molecule has 0 aliphatic rings. The summed E-state index contributed by atoms with van der Waals surface area (Å²) in [7, 11) is 1.58. The van der Waals surface area contributed by atoms with E-state index in [4.69, 9.17) is 16.3 Å². The molecule has 0 spiro atoms. The molecule has 8 heteroatoms. The van der Waals surface area contributed by atoms with Crippen LogP contribution in [0.3, 0.4) is 0 Å². The summed E-state index contributed by atoms with van der Waals surface area (Å²) in [4.78, 5) is 29.7. The first-order valence-electron chi connectivity index (χ1n) is 9.18. The largest absolute Gasteiger partial charge is 0.496 e. The van der Waals surface area contributed by atoms with Crippen LogP contribution in [-0.4, -0.2) is 22.6 Å². The van der Waals surface area contributed by atoms with E-state index in [1.807, 2.05) is 41.8 Å². The van der Waals surface area contributed by atoms with Crippen LogP contribution in [0.15, 0.2) is 65.0 Å². The van der Waals surface area contributed by atoms with E-state index >= 15 is 0 Å². The van der Waals surface area contributed by atoms with E-state index < -0.39 is 0 Å². The number of methoxy groups -OCH3 is 1. The average molecular weight is 440 g/mol. The van der Waals surface area contributed by atoms with E-state index in [-0.39, 0.29) is 18.0 Å². The molecule has 0 saturated carbocycles. The van der Waals surface area contributed by atoms with Crippen molar-refractivity contribution >= 4 is 39.1 Å². The number of ether oxygens (including phenoxy) is 1. The van der Waals surface area contributed by atoms with Crippen LogP contribution in [-0.2, 0) is 17.9 Å². The van der Waals surface area contributed by atoms with Crippen molar-refractivity contribution in [1.29, 1.82) is 0 Å². The summed E-state index contributed by atoms with van der Waals surface area (Å²) in [6, 6.07) is 14.8. The van der Waals surface area contributed by atoms with Crippen molar-refractivity contribution in [3.05, 3.63) is 81.2 Å². The molecule has 0 aliphatic carbocycles. The number of para-hydroxylation sites is 1. The van der Waals surface area contributed by atoms with Gasteiger partial charge < -0.3 is 10.1 Å². The maximum absolute atomic E-state index is 12.8. The average Bonchev–Trinajstić information content (AvgIpc) is 3.20. The standard InChI is InChI=1S/C22H18ClN3O3S/c1-29-18-5-3-2-4-15(18)10-24-19(27)11-26-13-25-20-17(12-30-21(20)22(26)28)14-6-8-16(23)9-7-14/h2-9,12-13H,10-11H2,1H3,(H,24,27). The van der Waals surface area contributed by atoms with Crippen LogP contribution < -0.4 is 15.6 Å². The Morgan fingerprint density at radius 1 is 1.20 bits per heavy atom. The second kappa shape index (κ2) is 8.69. The molecule has 4 rings (SSSR count). The molecular formula is C22H18ClN3O3S. The van der Waals surface area contributed by atoms with Gasteiger partial charge in [0.1, 0.15) is 17.0 Å². The minimum Gasteiger partial charge on any atom is -0.496 e. The normalized spacial score (nSPS) is 10.9. The van der Waals surface area contributed by atoms with Gasteiger partial charge in [-0.05, 0) is 23.8 Å². The van der Waals surface area contributed by atoms with E-state index in [0.717, 1.165) is 16.7 Å². The van der Waals surface area contributed by atoms with E-state index in [1.54, 1.807) is 19.2 Å². The van der Waals surface area contributed by atoms with E-state index in [2.05, 4.69) is 10.3 Å². The second-order valence-electron chi connectivity index (χ2n) is 6.60. The number of carbonyl (C=O) groups excluding carboxylic acids is 1. The number of rotatable bonds is 6. The first-order valence-corrected chi connectivity index (χ1v) is 10.4. The molecule has 0 atom stereocenters. The first kappa shape index (κ1) is 20.1. The molecule has 4 aromatic rings. The zero-order valence-electron chi connectivity index (χ0n) is 16.1. The molecule has 2 heterocycles. The summed E-state index contributed by atoms with van der Waals surface area (Å²) in [6.07, 6.45) is 1.42. The van der Waals surface area contributed by atoms with Crippen molar-refractivity contribution in [3.8, 4) is 16.9 Å². The van der Waals surface area contributed by atoms with Crippen LogP contribution in [0.2, 0.25) is 5.02 Å². The number of carbonyl (C=O) groups is 1. The maximum Gasteiger partial charge on any atom is 0.271 e. The number of benzene rings is 2. The van der Waals surface area contributed by atoms with Crippen molar-refractivity contribution in [2.24, 2.45) is 0 Å². The Morgan fingerprint density at radius 3 is 2.73 bits per heavy atom. The number of halogens is 1. The van der Waals surface area contributed by atoms with Crippen LogP contribution >= 0.6 is 22.9 Å². The van der Waals surface area contributed by atoms with Crippen LogP contribution in [0.1, 0.15) is 5.56 Å². The summed E-state index contributed by atoms with van der Waals surface area (Å²) in [5.74, 6) is 0.421. The molecule has 152 valence electrons. The molecule has 6 nitrogen and oxygen atoms in total. The zero-order chi connectivity index (χ0) is 21.1. The van der Waals surface area contributed by atoms with E-state index in [1.165, 1.54) is 22.2 Å².